The molecule has 0 saturated carbocycles. The van der Waals surface area contributed by atoms with Crippen molar-refractivity contribution in [3.8, 4) is 0 Å². The van der Waals surface area contributed by atoms with Gasteiger partial charge in [-0.05, 0) is 32.1 Å². The third-order valence-electron chi connectivity index (χ3n) is 2.33. The highest BCUT2D eigenvalue weighted by Crippen LogP contribution is 2.00. The molecule has 0 spiro atoms. The number of rotatable bonds is 9. The van der Waals surface area contributed by atoms with Crippen molar-refractivity contribution in [2.24, 2.45) is 11.0 Å². The zero-order valence-electron chi connectivity index (χ0n) is 11.6. The van der Waals surface area contributed by atoms with Gasteiger partial charge in [0, 0.05) is 6.54 Å². The van der Waals surface area contributed by atoms with Gasteiger partial charge in [0.25, 0.3) is 0 Å². The lowest BCUT2D eigenvalue weighted by Gasteiger charge is -2.07. The van der Waals surface area contributed by atoms with Crippen molar-refractivity contribution in [3.05, 3.63) is 0 Å². The Morgan fingerprint density at radius 3 is 2.59 bits per heavy atom. The maximum absolute atomic E-state index is 11.6. The van der Waals surface area contributed by atoms with E-state index in [1.54, 1.807) is 0 Å². The highest BCUT2D eigenvalue weighted by Gasteiger charge is 2.11. The van der Waals surface area contributed by atoms with Crippen molar-refractivity contribution in [2.45, 2.75) is 53.4 Å². The minimum atomic E-state index is -0.294. The summed E-state index contributed by atoms with van der Waals surface area (Å²) in [6.45, 7) is 9.42. The molecule has 17 heavy (non-hydrogen) atoms. The van der Waals surface area contributed by atoms with Gasteiger partial charge in [-0.1, -0.05) is 27.2 Å². The largest absolute Gasteiger partial charge is 0.461 e. The van der Waals surface area contributed by atoms with Crippen LogP contribution in [0.2, 0.25) is 0 Å². The molecule has 0 heterocycles. The molecule has 0 aromatic rings. The first-order valence-electron chi connectivity index (χ1n) is 6.58. The Morgan fingerprint density at radius 1 is 1.35 bits per heavy atom. The van der Waals surface area contributed by atoms with Gasteiger partial charge in [0.05, 0.1) is 6.61 Å². The van der Waals surface area contributed by atoms with Gasteiger partial charge >= 0.3 is 5.97 Å². The number of ether oxygens (including phenoxy) is 1. The molecule has 4 nitrogen and oxygen atoms in total. The van der Waals surface area contributed by atoms with Crippen LogP contribution in [0.5, 0.6) is 0 Å². The van der Waals surface area contributed by atoms with Crippen LogP contribution in [0.1, 0.15) is 53.4 Å². The number of carbonyl (C=O) groups excluding carboxylic acids is 1. The van der Waals surface area contributed by atoms with E-state index >= 15 is 0 Å². The van der Waals surface area contributed by atoms with Gasteiger partial charge in [0.15, 0.2) is 0 Å². The smallest absolute Gasteiger partial charge is 0.354 e. The molecule has 0 amide bonds. The van der Waals surface area contributed by atoms with Crippen molar-refractivity contribution in [1.82, 2.24) is 5.43 Å². The Bertz CT molecular complexity index is 238. The molecule has 4 heteroatoms. The molecule has 1 N–H and O–H groups in total. The normalized spacial score (nSPS) is 11.7. The topological polar surface area (TPSA) is 50.7 Å². The third-order valence-corrected chi connectivity index (χ3v) is 2.33. The van der Waals surface area contributed by atoms with Gasteiger partial charge in [-0.25, -0.2) is 4.79 Å². The quantitative estimate of drug-likeness (QED) is 0.293. The molecule has 0 aromatic heterocycles. The first-order valence-corrected chi connectivity index (χ1v) is 6.58. The summed E-state index contributed by atoms with van der Waals surface area (Å²) in [7, 11) is 0. The summed E-state index contributed by atoms with van der Waals surface area (Å²) in [6, 6.07) is 0. The molecule has 0 aliphatic heterocycles. The third kappa shape index (κ3) is 8.72. The van der Waals surface area contributed by atoms with Crippen LogP contribution in [-0.4, -0.2) is 24.8 Å². The van der Waals surface area contributed by atoms with Gasteiger partial charge in [-0.15, -0.1) is 0 Å². The predicted octanol–water partition coefficient (Wildman–Crippen LogP) is 2.73. The van der Waals surface area contributed by atoms with Crippen molar-refractivity contribution >= 4 is 11.7 Å². The Balaban J connectivity index is 4.14. The Kier molecular flexibility index (Phi) is 9.49. The molecule has 100 valence electrons. The maximum Gasteiger partial charge on any atom is 0.354 e. The molecule has 0 radical (unpaired) electrons. The molecule has 0 aromatic carbocycles. The van der Waals surface area contributed by atoms with Crippen molar-refractivity contribution in [2.75, 3.05) is 13.2 Å². The Labute approximate surface area is 105 Å². The molecule has 0 saturated heterocycles. The molecular weight excluding hydrogens is 216 g/mol. The lowest BCUT2D eigenvalue weighted by atomic mass is 10.1. The van der Waals surface area contributed by atoms with Crippen LogP contribution in [0.15, 0.2) is 5.10 Å². The molecule has 0 rings (SSSR count). The first kappa shape index (κ1) is 15.9. The second kappa shape index (κ2) is 10.1. The summed E-state index contributed by atoms with van der Waals surface area (Å²) in [6.07, 6.45) is 3.74. The first-order chi connectivity index (χ1) is 8.11. The van der Waals surface area contributed by atoms with E-state index in [4.69, 9.17) is 4.74 Å². The molecule has 0 unspecified atom stereocenters. The summed E-state index contributed by atoms with van der Waals surface area (Å²) in [5.41, 5.74) is 3.46. The summed E-state index contributed by atoms with van der Waals surface area (Å²) in [4.78, 5) is 11.6. The van der Waals surface area contributed by atoms with Gasteiger partial charge < -0.3 is 10.2 Å². The van der Waals surface area contributed by atoms with E-state index in [1.165, 1.54) is 0 Å². The van der Waals surface area contributed by atoms with E-state index in [9.17, 15) is 4.79 Å². The lowest BCUT2D eigenvalue weighted by Crippen LogP contribution is -2.22. The zero-order valence-corrected chi connectivity index (χ0v) is 11.6. The number of hydrogen-bond donors (Lipinski definition) is 1. The van der Waals surface area contributed by atoms with Crippen LogP contribution in [0.25, 0.3) is 0 Å². The Morgan fingerprint density at radius 2 is 2.06 bits per heavy atom. The second-order valence-corrected chi connectivity index (χ2v) is 4.47. The fraction of sp³-hybridized carbons (Fsp3) is 0.846. The SMILES string of the molecule is CCCC/C(=N/NCCC(C)C)C(=O)OCC. The van der Waals surface area contributed by atoms with Crippen LogP contribution < -0.4 is 5.43 Å². The van der Waals surface area contributed by atoms with Crippen LogP contribution >= 0.6 is 0 Å². The molecule has 0 aliphatic carbocycles. The summed E-state index contributed by atoms with van der Waals surface area (Å²) in [5.74, 6) is 0.345. The fourth-order valence-corrected chi connectivity index (χ4v) is 1.27. The molecule has 0 fully saturated rings. The number of carbonyl (C=O) groups is 1. The van der Waals surface area contributed by atoms with E-state index in [0.29, 0.717) is 24.7 Å². The average Bonchev–Trinajstić information content (AvgIpc) is 2.28. The van der Waals surface area contributed by atoms with E-state index in [2.05, 4.69) is 31.3 Å². The predicted molar refractivity (Wildman–Crippen MR) is 71.1 cm³/mol. The molecule has 0 aliphatic rings. The minimum absolute atomic E-state index is 0.294. The lowest BCUT2D eigenvalue weighted by molar-refractivity contribution is -0.135. The number of nitrogens with zero attached hydrogens (tertiary/aromatic N) is 1. The number of esters is 1. The fourth-order valence-electron chi connectivity index (χ4n) is 1.27. The number of nitrogens with one attached hydrogen (secondary N) is 1. The highest BCUT2D eigenvalue weighted by molar-refractivity contribution is 6.36. The number of unbranched alkanes of at least 4 members (excludes halogenated alkanes) is 1. The number of hydrazone groups is 1. The van der Waals surface area contributed by atoms with Gasteiger partial charge in [0.1, 0.15) is 5.71 Å². The summed E-state index contributed by atoms with van der Waals surface area (Å²) in [5, 5.41) is 4.14. The van der Waals surface area contributed by atoms with Crippen molar-refractivity contribution in [3.63, 3.8) is 0 Å². The zero-order chi connectivity index (χ0) is 13.1. The van der Waals surface area contributed by atoms with Crippen molar-refractivity contribution < 1.29 is 9.53 Å². The molecule has 0 atom stereocenters. The van der Waals surface area contributed by atoms with Gasteiger partial charge in [0.2, 0.25) is 0 Å². The van der Waals surface area contributed by atoms with E-state index in [1.807, 2.05) is 6.92 Å². The van der Waals surface area contributed by atoms with Gasteiger partial charge in [-0.3, -0.25) is 0 Å². The van der Waals surface area contributed by atoms with Crippen LogP contribution in [0, 0.1) is 5.92 Å². The van der Waals surface area contributed by atoms with Crippen LogP contribution in [0.4, 0.5) is 0 Å². The van der Waals surface area contributed by atoms with Gasteiger partial charge in [-0.2, -0.15) is 5.10 Å². The summed E-state index contributed by atoms with van der Waals surface area (Å²) >= 11 is 0. The maximum atomic E-state index is 11.6. The molecule has 0 bridgehead atoms. The minimum Gasteiger partial charge on any atom is -0.461 e. The van der Waals surface area contributed by atoms with E-state index in [0.717, 1.165) is 25.8 Å². The van der Waals surface area contributed by atoms with Crippen LogP contribution in [0.3, 0.4) is 0 Å². The number of hydrogen-bond acceptors (Lipinski definition) is 4. The molecular formula is C13H26N2O2. The summed E-state index contributed by atoms with van der Waals surface area (Å²) < 4.78 is 4.97. The highest BCUT2D eigenvalue weighted by atomic mass is 16.5. The Hall–Kier alpha value is -1.06. The van der Waals surface area contributed by atoms with E-state index < -0.39 is 0 Å². The standard InChI is InChI=1S/C13H26N2O2/c1-5-7-8-12(13(16)17-6-2)15-14-10-9-11(3)4/h11,14H,5-10H2,1-4H3/b15-12-. The monoisotopic (exact) mass is 242 g/mol. The van der Waals surface area contributed by atoms with Crippen LogP contribution in [-0.2, 0) is 9.53 Å². The average molecular weight is 242 g/mol. The second-order valence-electron chi connectivity index (χ2n) is 4.47. The van der Waals surface area contributed by atoms with E-state index in [-0.39, 0.29) is 5.97 Å². The van der Waals surface area contributed by atoms with Crippen molar-refractivity contribution in [1.29, 1.82) is 0 Å².